The lowest BCUT2D eigenvalue weighted by Crippen LogP contribution is -2.47. The molecule has 0 bridgehead atoms. The van der Waals surface area contributed by atoms with E-state index in [9.17, 15) is 4.39 Å². The maximum atomic E-state index is 14.5. The van der Waals surface area contributed by atoms with Gasteiger partial charge in [-0.2, -0.15) is 0 Å². The molecule has 1 aliphatic heterocycles. The summed E-state index contributed by atoms with van der Waals surface area (Å²) in [5.74, 6) is 0.258. The minimum Gasteiger partial charge on any atom is -0.314 e. The molecule has 2 fully saturated rings. The maximum absolute atomic E-state index is 14.5. The molecule has 0 aromatic heterocycles. The Hall–Kier alpha value is -0.0600. The molecule has 1 heterocycles. The molecule has 1 aromatic carbocycles. The topological polar surface area (TPSA) is 15.3 Å². The van der Waals surface area contributed by atoms with Gasteiger partial charge in [-0.05, 0) is 30.9 Å². The van der Waals surface area contributed by atoms with Crippen LogP contribution in [-0.2, 0) is 0 Å². The molecular formula is C16H22Cl3FN2. The highest BCUT2D eigenvalue weighted by Crippen LogP contribution is 2.44. The number of hydrogen-bond acceptors (Lipinski definition) is 2. The second-order valence-corrected chi connectivity index (χ2v) is 6.82. The SMILES string of the molecule is Cl.Fc1ccc(Cl)c(Cl)c1[C@@H](C1CCCC1)N1CCNCC1. The Bertz CT molecular complexity index is 500. The lowest BCUT2D eigenvalue weighted by molar-refractivity contribution is 0.122. The monoisotopic (exact) mass is 366 g/mol. The van der Waals surface area contributed by atoms with Crippen LogP contribution in [0, 0.1) is 11.7 Å². The molecule has 0 amide bonds. The molecule has 2 aliphatic rings. The summed E-state index contributed by atoms with van der Waals surface area (Å²) in [6.45, 7) is 3.76. The second-order valence-electron chi connectivity index (χ2n) is 6.03. The summed E-state index contributed by atoms with van der Waals surface area (Å²) >= 11 is 12.5. The first-order chi connectivity index (χ1) is 10.2. The molecule has 1 aromatic rings. The van der Waals surface area contributed by atoms with Crippen molar-refractivity contribution < 1.29 is 4.39 Å². The molecule has 22 heavy (non-hydrogen) atoms. The van der Waals surface area contributed by atoms with Crippen molar-refractivity contribution in [2.75, 3.05) is 26.2 Å². The zero-order chi connectivity index (χ0) is 14.8. The highest BCUT2D eigenvalue weighted by atomic mass is 35.5. The van der Waals surface area contributed by atoms with Gasteiger partial charge in [0.1, 0.15) is 5.82 Å². The number of rotatable bonds is 3. The van der Waals surface area contributed by atoms with Gasteiger partial charge in [-0.1, -0.05) is 36.0 Å². The van der Waals surface area contributed by atoms with E-state index in [4.69, 9.17) is 23.2 Å². The van der Waals surface area contributed by atoms with Crippen LogP contribution in [-0.4, -0.2) is 31.1 Å². The molecule has 1 saturated heterocycles. The van der Waals surface area contributed by atoms with Crippen LogP contribution < -0.4 is 5.32 Å². The molecule has 6 heteroatoms. The van der Waals surface area contributed by atoms with Crippen molar-refractivity contribution >= 4 is 35.6 Å². The van der Waals surface area contributed by atoms with Gasteiger partial charge in [0.05, 0.1) is 10.0 Å². The van der Waals surface area contributed by atoms with E-state index >= 15 is 0 Å². The van der Waals surface area contributed by atoms with E-state index < -0.39 is 0 Å². The van der Waals surface area contributed by atoms with Crippen LogP contribution in [0.1, 0.15) is 37.3 Å². The Kier molecular flexibility index (Phi) is 6.78. The smallest absolute Gasteiger partial charge is 0.129 e. The highest BCUT2D eigenvalue weighted by Gasteiger charge is 2.35. The van der Waals surface area contributed by atoms with E-state index in [1.165, 1.54) is 18.9 Å². The molecule has 0 unspecified atom stereocenters. The summed E-state index contributed by atoms with van der Waals surface area (Å²) in [7, 11) is 0. The zero-order valence-corrected chi connectivity index (χ0v) is 14.8. The third-order valence-electron chi connectivity index (χ3n) is 4.77. The van der Waals surface area contributed by atoms with Gasteiger partial charge in [0.15, 0.2) is 0 Å². The molecule has 0 radical (unpaired) electrons. The van der Waals surface area contributed by atoms with Crippen LogP contribution in [0.2, 0.25) is 10.0 Å². The predicted octanol–water partition coefficient (Wildman–Crippen LogP) is 4.69. The van der Waals surface area contributed by atoms with E-state index in [1.54, 1.807) is 6.07 Å². The van der Waals surface area contributed by atoms with Gasteiger partial charge in [0.2, 0.25) is 0 Å². The van der Waals surface area contributed by atoms with Gasteiger partial charge in [-0.3, -0.25) is 4.90 Å². The maximum Gasteiger partial charge on any atom is 0.129 e. The number of nitrogens with one attached hydrogen (secondary N) is 1. The van der Waals surface area contributed by atoms with E-state index in [-0.39, 0.29) is 24.3 Å². The Morgan fingerprint density at radius 2 is 1.77 bits per heavy atom. The third-order valence-corrected chi connectivity index (χ3v) is 5.59. The van der Waals surface area contributed by atoms with Crippen LogP contribution in [0.4, 0.5) is 4.39 Å². The minimum absolute atomic E-state index is 0. The molecule has 1 N–H and O–H groups in total. The van der Waals surface area contributed by atoms with Crippen LogP contribution in [0.5, 0.6) is 0 Å². The van der Waals surface area contributed by atoms with Crippen LogP contribution in [0.15, 0.2) is 12.1 Å². The fourth-order valence-corrected chi connectivity index (χ4v) is 4.19. The van der Waals surface area contributed by atoms with Gasteiger partial charge in [-0.15, -0.1) is 12.4 Å². The largest absolute Gasteiger partial charge is 0.314 e. The minimum atomic E-state index is -0.222. The number of piperazine rings is 1. The average Bonchev–Trinajstić information content (AvgIpc) is 3.02. The van der Waals surface area contributed by atoms with Crippen LogP contribution >= 0.6 is 35.6 Å². The van der Waals surface area contributed by atoms with Crippen LogP contribution in [0.3, 0.4) is 0 Å². The molecule has 0 spiro atoms. The first-order valence-electron chi connectivity index (χ1n) is 7.76. The normalized spacial score (nSPS) is 21.6. The summed E-state index contributed by atoms with van der Waals surface area (Å²) in [4.78, 5) is 2.38. The molecule has 1 atom stereocenters. The van der Waals surface area contributed by atoms with E-state index in [1.807, 2.05) is 0 Å². The van der Waals surface area contributed by atoms with E-state index in [2.05, 4.69) is 10.2 Å². The summed E-state index contributed by atoms with van der Waals surface area (Å²) < 4.78 is 14.5. The Labute approximate surface area is 147 Å². The molecule has 3 rings (SSSR count). The fourth-order valence-electron chi connectivity index (χ4n) is 3.76. The lowest BCUT2D eigenvalue weighted by Gasteiger charge is -2.39. The third kappa shape index (κ3) is 3.70. The summed E-state index contributed by atoms with van der Waals surface area (Å²) in [6.07, 6.45) is 4.76. The molecular weight excluding hydrogens is 346 g/mol. The Morgan fingerprint density at radius 1 is 1.14 bits per heavy atom. The van der Waals surface area contributed by atoms with Crippen molar-refractivity contribution in [2.45, 2.75) is 31.7 Å². The van der Waals surface area contributed by atoms with Crippen molar-refractivity contribution in [2.24, 2.45) is 5.92 Å². The summed E-state index contributed by atoms with van der Waals surface area (Å²) in [5, 5.41) is 4.20. The number of nitrogens with zero attached hydrogens (tertiary/aromatic N) is 1. The van der Waals surface area contributed by atoms with Gasteiger partial charge < -0.3 is 5.32 Å². The van der Waals surface area contributed by atoms with E-state index in [0.717, 1.165) is 39.0 Å². The number of halogens is 4. The van der Waals surface area contributed by atoms with Gasteiger partial charge in [0.25, 0.3) is 0 Å². The predicted molar refractivity (Wildman–Crippen MR) is 92.8 cm³/mol. The lowest BCUT2D eigenvalue weighted by atomic mass is 9.89. The van der Waals surface area contributed by atoms with Crippen molar-refractivity contribution in [1.29, 1.82) is 0 Å². The van der Waals surface area contributed by atoms with Crippen molar-refractivity contribution in [1.82, 2.24) is 10.2 Å². The quantitative estimate of drug-likeness (QED) is 0.780. The number of hydrogen-bond donors (Lipinski definition) is 1. The molecule has 1 aliphatic carbocycles. The average molecular weight is 368 g/mol. The van der Waals surface area contributed by atoms with Crippen molar-refractivity contribution in [3.63, 3.8) is 0 Å². The zero-order valence-electron chi connectivity index (χ0n) is 12.5. The van der Waals surface area contributed by atoms with Crippen LogP contribution in [0.25, 0.3) is 0 Å². The van der Waals surface area contributed by atoms with E-state index in [0.29, 0.717) is 21.5 Å². The first kappa shape index (κ1) is 18.3. The number of benzene rings is 1. The van der Waals surface area contributed by atoms with Gasteiger partial charge in [-0.25, -0.2) is 4.39 Å². The molecule has 124 valence electrons. The van der Waals surface area contributed by atoms with Crippen molar-refractivity contribution in [3.8, 4) is 0 Å². The fraction of sp³-hybridized carbons (Fsp3) is 0.625. The van der Waals surface area contributed by atoms with Gasteiger partial charge >= 0.3 is 0 Å². The van der Waals surface area contributed by atoms with Gasteiger partial charge in [0, 0.05) is 37.8 Å². The molecule has 1 saturated carbocycles. The Balaban J connectivity index is 0.00000176. The Morgan fingerprint density at radius 3 is 2.41 bits per heavy atom. The first-order valence-corrected chi connectivity index (χ1v) is 8.52. The summed E-state index contributed by atoms with van der Waals surface area (Å²) in [5.41, 5.74) is 0.609. The standard InChI is InChI=1S/C16H21Cl2FN2.ClH/c17-12-5-6-13(19)14(15(12)18)16(11-3-1-2-4-11)21-9-7-20-8-10-21;/h5-6,11,16,20H,1-4,7-10H2;1H/t16-;/m1./s1. The molecule has 2 nitrogen and oxygen atoms in total. The highest BCUT2D eigenvalue weighted by molar-refractivity contribution is 6.42. The summed E-state index contributed by atoms with van der Waals surface area (Å²) in [6, 6.07) is 3.06. The van der Waals surface area contributed by atoms with Crippen molar-refractivity contribution in [3.05, 3.63) is 33.6 Å². The second kappa shape index (κ2) is 8.16.